The van der Waals surface area contributed by atoms with Gasteiger partial charge in [0.2, 0.25) is 0 Å². The zero-order chi connectivity index (χ0) is 40.5. The third-order valence-corrected chi connectivity index (χ3v) is 11.5. The van der Waals surface area contributed by atoms with Gasteiger partial charge in [-0.15, -0.1) is 11.3 Å². The predicted octanol–water partition coefficient (Wildman–Crippen LogP) is 13.7. The Kier molecular flexibility index (Phi) is 6.70. The largest absolute Gasteiger partial charge is 0.309 e. The molecule has 0 aliphatic rings. The number of hydrogen-bond donors (Lipinski definition) is 0. The number of nitrogens with zero attached hydrogens (tertiary/aromatic N) is 4. The van der Waals surface area contributed by atoms with Gasteiger partial charge >= 0.3 is 0 Å². The second kappa shape index (κ2) is 13.3. The molecule has 0 radical (unpaired) electrons. The van der Waals surface area contributed by atoms with E-state index in [1.165, 1.54) is 15.5 Å². The van der Waals surface area contributed by atoms with Crippen LogP contribution in [0, 0.1) is 0 Å². The van der Waals surface area contributed by atoms with Crippen molar-refractivity contribution >= 4 is 53.3 Å². The van der Waals surface area contributed by atoms with Gasteiger partial charge in [0, 0.05) is 58.9 Å². The lowest BCUT2D eigenvalue weighted by Crippen LogP contribution is -2.00. The van der Waals surface area contributed by atoms with Gasteiger partial charge in [-0.3, -0.25) is 0 Å². The smallest absolute Gasteiger partial charge is 0.164 e. The van der Waals surface area contributed by atoms with Gasteiger partial charge in [-0.2, -0.15) is 0 Å². The lowest BCUT2D eigenvalue weighted by molar-refractivity contribution is 1.07. The molecule has 0 atom stereocenters. The summed E-state index contributed by atoms with van der Waals surface area (Å²) in [5.41, 5.74) is 8.55. The number of fused-ring (bicyclic) bond motifs is 6. The molecule has 3 aromatic heterocycles. The number of thiophene rings is 1. The normalized spacial score (nSPS) is 12.6. The van der Waals surface area contributed by atoms with Crippen LogP contribution in [-0.4, -0.2) is 19.5 Å². The summed E-state index contributed by atoms with van der Waals surface area (Å²) in [6.07, 6.45) is 0. The van der Waals surface area contributed by atoms with E-state index in [9.17, 15) is 1.37 Å². The zero-order valence-electron chi connectivity index (χ0n) is 33.9. The minimum Gasteiger partial charge on any atom is -0.309 e. The molecule has 4 nitrogen and oxygen atoms in total. The topological polar surface area (TPSA) is 43.6 Å². The summed E-state index contributed by atoms with van der Waals surface area (Å²) in [6, 6.07) is 56.5. The maximum Gasteiger partial charge on any atom is 0.164 e. The Morgan fingerprint density at radius 2 is 1.00 bits per heavy atom. The molecule has 5 heteroatoms. The van der Waals surface area contributed by atoms with Crippen molar-refractivity contribution in [3.63, 3.8) is 0 Å². The predicted molar refractivity (Wildman–Crippen MR) is 234 cm³/mol. The molecule has 0 spiro atoms. The molecule has 0 saturated heterocycles. The second-order valence-corrected chi connectivity index (χ2v) is 14.8. The average Bonchev–Trinajstić information content (AvgIpc) is 3.87. The fraction of sp³-hybridized carbons (Fsp3) is 0. The molecule has 0 unspecified atom stereocenters. The van der Waals surface area contributed by atoms with Crippen LogP contribution in [0.5, 0.6) is 0 Å². The van der Waals surface area contributed by atoms with Crippen LogP contribution < -0.4 is 0 Å². The van der Waals surface area contributed by atoms with E-state index in [-0.39, 0.29) is 24.2 Å². The molecule has 0 aliphatic heterocycles. The van der Waals surface area contributed by atoms with Gasteiger partial charge in [0.1, 0.15) is 0 Å². The van der Waals surface area contributed by atoms with Crippen LogP contribution in [0.4, 0.5) is 0 Å². The summed E-state index contributed by atoms with van der Waals surface area (Å²) < 4.78 is 40.0. The molecule has 262 valence electrons. The lowest BCUT2D eigenvalue weighted by Gasteiger charge is -2.13. The standard InChI is InChI=1S/C51H32N4S/c1-3-13-33(14-4-1)36-17-11-18-37(31-36)40-21-12-22-44-41-19-7-9-23-45(41)55(48(40)44)39-28-25-35(26-29-39)50-52-49(34-15-5-2-6-16-34)53-51(54-50)38-27-30-43-42-20-8-10-24-46(42)56-47(43)32-38/h1-32H/i7D,9D,19D,23D. The molecule has 0 fully saturated rings. The van der Waals surface area contributed by atoms with Crippen LogP contribution in [0.3, 0.4) is 0 Å². The highest BCUT2D eigenvalue weighted by molar-refractivity contribution is 7.25. The third kappa shape index (κ3) is 5.48. The zero-order valence-corrected chi connectivity index (χ0v) is 30.7. The fourth-order valence-corrected chi connectivity index (χ4v) is 8.87. The maximum absolute atomic E-state index is 9.20. The Hall–Kier alpha value is -7.21. The molecular weight excluding hydrogens is 701 g/mol. The minimum atomic E-state index is -0.277. The van der Waals surface area contributed by atoms with E-state index in [4.69, 9.17) is 19.1 Å². The van der Waals surface area contributed by atoms with E-state index in [2.05, 4.69) is 78.9 Å². The van der Waals surface area contributed by atoms with E-state index in [1.54, 1.807) is 11.3 Å². The second-order valence-electron chi connectivity index (χ2n) is 13.7. The molecule has 3 heterocycles. The summed E-state index contributed by atoms with van der Waals surface area (Å²) >= 11 is 1.75. The highest BCUT2D eigenvalue weighted by Crippen LogP contribution is 2.40. The van der Waals surface area contributed by atoms with Gasteiger partial charge in [-0.1, -0.05) is 146 Å². The Labute approximate surface area is 333 Å². The molecule has 11 rings (SSSR count). The maximum atomic E-state index is 9.20. The molecule has 0 saturated carbocycles. The van der Waals surface area contributed by atoms with Crippen molar-refractivity contribution in [1.82, 2.24) is 19.5 Å². The summed E-state index contributed by atoms with van der Waals surface area (Å²) in [5.74, 6) is 1.66. The van der Waals surface area contributed by atoms with Gasteiger partial charge < -0.3 is 4.57 Å². The van der Waals surface area contributed by atoms with E-state index < -0.39 is 0 Å². The fourth-order valence-electron chi connectivity index (χ4n) is 7.73. The van der Waals surface area contributed by atoms with E-state index in [1.807, 2.05) is 95.6 Å². The van der Waals surface area contributed by atoms with Crippen LogP contribution >= 0.6 is 11.3 Å². The van der Waals surface area contributed by atoms with Crippen LogP contribution in [0.15, 0.2) is 194 Å². The SMILES string of the molecule is [2H]c1c([2H])c([2H])c2c(c1[2H])c1cccc(-c3cccc(-c4ccccc4)c3)c1n2-c1ccc(-c2nc(-c3ccccc3)nc(-c3ccc4c(c3)sc3ccccc34)n2)cc1. The van der Waals surface area contributed by atoms with Crippen molar-refractivity contribution in [1.29, 1.82) is 0 Å². The first kappa shape index (κ1) is 28.3. The Bertz CT molecular complexity index is 3470. The Morgan fingerprint density at radius 3 is 1.80 bits per heavy atom. The monoisotopic (exact) mass is 736 g/mol. The number of aromatic nitrogens is 4. The molecule has 11 aromatic rings. The van der Waals surface area contributed by atoms with Crippen LogP contribution in [0.25, 0.3) is 104 Å². The average molecular weight is 737 g/mol. The summed E-state index contributed by atoms with van der Waals surface area (Å²) in [4.78, 5) is 15.0. The van der Waals surface area contributed by atoms with Crippen LogP contribution in [-0.2, 0) is 0 Å². The first-order chi connectivity index (χ1) is 29.4. The van der Waals surface area contributed by atoms with Gasteiger partial charge in [-0.05, 0) is 65.2 Å². The first-order valence-corrected chi connectivity index (χ1v) is 19.3. The molecule has 56 heavy (non-hydrogen) atoms. The van der Waals surface area contributed by atoms with Crippen molar-refractivity contribution in [3.05, 3.63) is 194 Å². The highest BCUT2D eigenvalue weighted by Gasteiger charge is 2.18. The van der Waals surface area contributed by atoms with Crippen molar-refractivity contribution in [3.8, 4) is 62.1 Å². The van der Waals surface area contributed by atoms with Gasteiger partial charge in [0.25, 0.3) is 0 Å². The molecule has 0 bridgehead atoms. The van der Waals surface area contributed by atoms with Gasteiger partial charge in [0.15, 0.2) is 17.5 Å². The molecule has 8 aromatic carbocycles. The summed E-state index contributed by atoms with van der Waals surface area (Å²) in [7, 11) is 0. The van der Waals surface area contributed by atoms with E-state index in [0.717, 1.165) is 60.2 Å². The van der Waals surface area contributed by atoms with Crippen LogP contribution in [0.1, 0.15) is 5.48 Å². The number of rotatable bonds is 6. The van der Waals surface area contributed by atoms with Crippen molar-refractivity contribution in [2.24, 2.45) is 0 Å². The van der Waals surface area contributed by atoms with E-state index >= 15 is 0 Å². The minimum absolute atomic E-state index is 0.0680. The van der Waals surface area contributed by atoms with Gasteiger partial charge in [0.05, 0.1) is 16.5 Å². The Morgan fingerprint density at radius 1 is 0.411 bits per heavy atom. The first-order valence-electron chi connectivity index (χ1n) is 20.4. The lowest BCUT2D eigenvalue weighted by atomic mass is 9.97. The quantitative estimate of drug-likeness (QED) is 0.171. The van der Waals surface area contributed by atoms with Crippen molar-refractivity contribution in [2.75, 3.05) is 0 Å². The van der Waals surface area contributed by atoms with Crippen molar-refractivity contribution in [2.45, 2.75) is 0 Å². The van der Waals surface area contributed by atoms with E-state index in [0.29, 0.717) is 28.4 Å². The summed E-state index contributed by atoms with van der Waals surface area (Å²) in [6.45, 7) is 0. The van der Waals surface area contributed by atoms with Crippen molar-refractivity contribution < 1.29 is 5.48 Å². The molecule has 0 amide bonds. The Balaban J connectivity index is 1.09. The molecular formula is C51H32N4S. The van der Waals surface area contributed by atoms with Gasteiger partial charge in [-0.25, -0.2) is 15.0 Å². The third-order valence-electron chi connectivity index (χ3n) is 10.4. The number of benzene rings is 8. The highest BCUT2D eigenvalue weighted by atomic mass is 32.1. The molecule has 0 aliphatic carbocycles. The van der Waals surface area contributed by atoms with Crippen LogP contribution in [0.2, 0.25) is 0 Å². The number of para-hydroxylation sites is 2. The molecule has 0 N–H and O–H groups in total. The summed E-state index contributed by atoms with van der Waals surface area (Å²) in [5, 5.41) is 3.66. The number of hydrogen-bond acceptors (Lipinski definition) is 4.